The lowest BCUT2D eigenvalue weighted by atomic mass is 10.0. The Morgan fingerprint density at radius 2 is 1.45 bits per heavy atom. The van der Waals surface area contributed by atoms with Crippen LogP contribution >= 0.6 is 11.6 Å². The Kier molecular flexibility index (Phi) is 9.48. The molecule has 2 amide bonds. The Morgan fingerprint density at radius 1 is 0.816 bits per heavy atom. The third kappa shape index (κ3) is 7.43. The average Bonchev–Trinajstić information content (AvgIpc) is 2.94. The maximum absolute atomic E-state index is 13.6. The summed E-state index contributed by atoms with van der Waals surface area (Å²) in [5, 5.41) is 3.37. The van der Waals surface area contributed by atoms with Gasteiger partial charge in [0.15, 0.2) is 6.61 Å². The summed E-state index contributed by atoms with van der Waals surface area (Å²) in [6.07, 6.45) is 0.648. The second kappa shape index (κ2) is 13.4. The molecular weight excluding hydrogens is 503 g/mol. The topological polar surface area (TPSA) is 58.6 Å². The Bertz CT molecular complexity index is 1330. The Morgan fingerprint density at radius 3 is 2.13 bits per heavy atom. The molecule has 0 saturated carbocycles. The average molecular weight is 531 g/mol. The molecule has 38 heavy (non-hydrogen) atoms. The van der Waals surface area contributed by atoms with Crippen molar-refractivity contribution in [2.45, 2.75) is 19.0 Å². The predicted octanol–water partition coefficient (Wildman–Crippen LogP) is 5.99. The van der Waals surface area contributed by atoms with Gasteiger partial charge in [-0.1, -0.05) is 96.5 Å². The van der Waals surface area contributed by atoms with Crippen LogP contribution < -0.4 is 10.1 Å². The molecule has 0 aliphatic heterocycles. The number of ether oxygens (including phenoxy) is 1. The zero-order valence-electron chi connectivity index (χ0n) is 20.7. The highest BCUT2D eigenvalue weighted by atomic mass is 35.5. The maximum atomic E-state index is 13.6. The number of halogens is 2. The zero-order chi connectivity index (χ0) is 26.7. The first-order valence-electron chi connectivity index (χ1n) is 12.3. The van der Waals surface area contributed by atoms with Gasteiger partial charge in [0, 0.05) is 13.1 Å². The Balaban J connectivity index is 1.59. The summed E-state index contributed by atoms with van der Waals surface area (Å²) >= 11 is 6.20. The molecule has 7 heteroatoms. The summed E-state index contributed by atoms with van der Waals surface area (Å²) in [5.74, 6) is -0.749. The van der Waals surface area contributed by atoms with E-state index in [1.807, 2.05) is 48.5 Å². The molecule has 0 aromatic heterocycles. The maximum Gasteiger partial charge on any atom is 0.261 e. The van der Waals surface area contributed by atoms with Crippen molar-refractivity contribution in [3.8, 4) is 5.75 Å². The van der Waals surface area contributed by atoms with E-state index < -0.39 is 11.9 Å². The van der Waals surface area contributed by atoms with Crippen LogP contribution in [-0.4, -0.2) is 29.9 Å². The quantitative estimate of drug-likeness (QED) is 0.259. The smallest absolute Gasteiger partial charge is 0.261 e. The second-order valence-corrected chi connectivity index (χ2v) is 9.11. The number of carbonyl (C=O) groups is 2. The molecule has 4 aromatic carbocycles. The molecule has 0 spiro atoms. The van der Waals surface area contributed by atoms with Crippen LogP contribution in [-0.2, 0) is 22.6 Å². The van der Waals surface area contributed by atoms with E-state index in [4.69, 9.17) is 16.3 Å². The molecule has 0 radical (unpaired) electrons. The minimum absolute atomic E-state index is 0.0800. The van der Waals surface area contributed by atoms with Gasteiger partial charge in [0.05, 0.1) is 5.02 Å². The Hall–Kier alpha value is -4.16. The molecule has 1 unspecified atom stereocenters. The van der Waals surface area contributed by atoms with Crippen LogP contribution in [0, 0.1) is 5.82 Å². The molecule has 0 aliphatic carbocycles. The van der Waals surface area contributed by atoms with Gasteiger partial charge in [0.2, 0.25) is 5.91 Å². The molecule has 4 rings (SSSR count). The standard InChI is InChI=1S/C31H28ClFN2O3/c32-27-13-7-8-14-28(27)38-22-29(36)35(21-24-15-17-26(33)18-16-24)30(25-11-5-2-6-12-25)31(37)34-20-19-23-9-3-1-4-10-23/h1-18,30H,19-22H2,(H,34,37). The van der Waals surface area contributed by atoms with E-state index in [2.05, 4.69) is 5.32 Å². The number of carbonyl (C=O) groups excluding carboxylic acids is 2. The third-order valence-electron chi connectivity index (χ3n) is 6.01. The number of nitrogens with one attached hydrogen (secondary N) is 1. The first kappa shape index (κ1) is 26.9. The van der Waals surface area contributed by atoms with Gasteiger partial charge in [-0.25, -0.2) is 4.39 Å². The lowest BCUT2D eigenvalue weighted by molar-refractivity contribution is -0.143. The number of hydrogen-bond acceptors (Lipinski definition) is 3. The van der Waals surface area contributed by atoms with Crippen LogP contribution in [0.4, 0.5) is 4.39 Å². The number of rotatable bonds is 11. The van der Waals surface area contributed by atoms with Gasteiger partial charge in [0.25, 0.3) is 5.91 Å². The molecule has 4 aromatic rings. The molecule has 1 N–H and O–H groups in total. The summed E-state index contributed by atoms with van der Waals surface area (Å²) in [6, 6.07) is 30.7. The largest absolute Gasteiger partial charge is 0.482 e. The zero-order valence-corrected chi connectivity index (χ0v) is 21.5. The molecule has 0 fully saturated rings. The van der Waals surface area contributed by atoms with Gasteiger partial charge in [-0.15, -0.1) is 0 Å². The first-order valence-corrected chi connectivity index (χ1v) is 12.7. The van der Waals surface area contributed by atoms with Gasteiger partial charge >= 0.3 is 0 Å². The molecule has 0 saturated heterocycles. The van der Waals surface area contributed by atoms with Gasteiger partial charge in [-0.3, -0.25) is 9.59 Å². The van der Waals surface area contributed by atoms with Gasteiger partial charge in [0.1, 0.15) is 17.6 Å². The fourth-order valence-electron chi connectivity index (χ4n) is 4.07. The monoisotopic (exact) mass is 530 g/mol. The highest BCUT2D eigenvalue weighted by Gasteiger charge is 2.31. The summed E-state index contributed by atoms with van der Waals surface area (Å²) in [4.78, 5) is 28.7. The SMILES string of the molecule is O=C(NCCc1ccccc1)C(c1ccccc1)N(Cc1ccc(F)cc1)C(=O)COc1ccccc1Cl. The lowest BCUT2D eigenvalue weighted by Gasteiger charge is -2.31. The summed E-state index contributed by atoms with van der Waals surface area (Å²) < 4.78 is 19.3. The van der Waals surface area contributed by atoms with Crippen LogP contribution in [0.3, 0.4) is 0 Å². The van der Waals surface area contributed by atoms with Crippen LogP contribution in [0.25, 0.3) is 0 Å². The minimum Gasteiger partial charge on any atom is -0.482 e. The Labute approximate surface area is 226 Å². The first-order chi connectivity index (χ1) is 18.5. The third-order valence-corrected chi connectivity index (χ3v) is 6.32. The van der Waals surface area contributed by atoms with E-state index in [1.54, 1.807) is 48.5 Å². The van der Waals surface area contributed by atoms with Crippen molar-refractivity contribution in [3.05, 3.63) is 137 Å². The number of para-hydroxylation sites is 1. The van der Waals surface area contributed by atoms with Crippen molar-refractivity contribution in [2.24, 2.45) is 0 Å². The van der Waals surface area contributed by atoms with Crippen molar-refractivity contribution < 1.29 is 18.7 Å². The van der Waals surface area contributed by atoms with E-state index in [9.17, 15) is 14.0 Å². The fraction of sp³-hybridized carbons (Fsp3) is 0.161. The molecule has 1 atom stereocenters. The normalized spacial score (nSPS) is 11.4. The number of nitrogens with zero attached hydrogens (tertiary/aromatic N) is 1. The van der Waals surface area contributed by atoms with E-state index >= 15 is 0 Å². The van der Waals surface area contributed by atoms with Crippen LogP contribution in [0.15, 0.2) is 109 Å². The predicted molar refractivity (Wildman–Crippen MR) is 146 cm³/mol. The van der Waals surface area contributed by atoms with E-state index in [-0.39, 0.29) is 24.9 Å². The molecule has 5 nitrogen and oxygen atoms in total. The van der Waals surface area contributed by atoms with Crippen molar-refractivity contribution in [2.75, 3.05) is 13.2 Å². The number of hydrogen-bond donors (Lipinski definition) is 1. The molecule has 0 bridgehead atoms. The lowest BCUT2D eigenvalue weighted by Crippen LogP contribution is -2.45. The van der Waals surface area contributed by atoms with E-state index in [0.717, 1.165) is 5.56 Å². The summed E-state index contributed by atoms with van der Waals surface area (Å²) in [5.41, 5.74) is 2.42. The molecular formula is C31H28ClFN2O3. The van der Waals surface area contributed by atoms with Gasteiger partial charge in [-0.05, 0) is 47.4 Å². The summed E-state index contributed by atoms with van der Waals surface area (Å²) in [6.45, 7) is 0.156. The molecule has 0 aliphatic rings. The van der Waals surface area contributed by atoms with Crippen LogP contribution in [0.2, 0.25) is 5.02 Å². The van der Waals surface area contributed by atoms with E-state index in [0.29, 0.717) is 34.9 Å². The van der Waals surface area contributed by atoms with E-state index in [1.165, 1.54) is 17.0 Å². The van der Waals surface area contributed by atoms with Crippen molar-refractivity contribution in [1.82, 2.24) is 10.2 Å². The molecule has 0 heterocycles. The second-order valence-electron chi connectivity index (χ2n) is 8.71. The highest BCUT2D eigenvalue weighted by Crippen LogP contribution is 2.26. The van der Waals surface area contributed by atoms with Crippen LogP contribution in [0.1, 0.15) is 22.7 Å². The van der Waals surface area contributed by atoms with Crippen molar-refractivity contribution in [3.63, 3.8) is 0 Å². The van der Waals surface area contributed by atoms with Crippen molar-refractivity contribution in [1.29, 1.82) is 0 Å². The summed E-state index contributed by atoms with van der Waals surface area (Å²) in [7, 11) is 0. The van der Waals surface area contributed by atoms with Gasteiger partial charge < -0.3 is 15.0 Å². The fourth-order valence-corrected chi connectivity index (χ4v) is 4.26. The minimum atomic E-state index is -0.931. The highest BCUT2D eigenvalue weighted by molar-refractivity contribution is 6.32. The van der Waals surface area contributed by atoms with Crippen LogP contribution in [0.5, 0.6) is 5.75 Å². The number of amides is 2. The van der Waals surface area contributed by atoms with Gasteiger partial charge in [-0.2, -0.15) is 0 Å². The number of benzene rings is 4. The molecule has 194 valence electrons. The van der Waals surface area contributed by atoms with Crippen molar-refractivity contribution >= 4 is 23.4 Å².